The van der Waals surface area contributed by atoms with E-state index in [1.54, 1.807) is 11.3 Å². The second-order valence-corrected chi connectivity index (χ2v) is 5.51. The number of aromatic amines is 1. The molecule has 2 aromatic rings. The summed E-state index contributed by atoms with van der Waals surface area (Å²) in [7, 11) is 0. The van der Waals surface area contributed by atoms with E-state index in [1.807, 2.05) is 18.6 Å². The number of nitrogens with one attached hydrogen (secondary N) is 2. The molecule has 1 unspecified atom stereocenters. The highest BCUT2D eigenvalue weighted by atomic mass is 32.1. The van der Waals surface area contributed by atoms with E-state index in [1.165, 1.54) is 10.4 Å². The Kier molecular flexibility index (Phi) is 4.93. The Morgan fingerprint density at radius 1 is 1.37 bits per heavy atom. The van der Waals surface area contributed by atoms with Crippen molar-refractivity contribution in [1.29, 1.82) is 0 Å². The van der Waals surface area contributed by atoms with Crippen LogP contribution in [0, 0.1) is 0 Å². The van der Waals surface area contributed by atoms with Crippen LogP contribution >= 0.6 is 11.3 Å². The largest absolute Gasteiger partial charge is 0.349 e. The Balaban J connectivity index is 1.90. The lowest BCUT2D eigenvalue weighted by molar-refractivity contribution is 0.578. The highest BCUT2D eigenvalue weighted by molar-refractivity contribution is 7.15. The van der Waals surface area contributed by atoms with Gasteiger partial charge in [-0.05, 0) is 20.8 Å². The molecule has 0 aliphatic heterocycles. The molecule has 2 aromatic heterocycles. The first-order valence-electron chi connectivity index (χ1n) is 6.66. The monoisotopic (exact) mass is 279 g/mol. The molecule has 0 radical (unpaired) electrons. The summed E-state index contributed by atoms with van der Waals surface area (Å²) in [5, 5.41) is 11.4. The number of hydrogen-bond donors (Lipinski definition) is 2. The number of anilines is 1. The minimum absolute atomic E-state index is 0.290. The van der Waals surface area contributed by atoms with E-state index in [-0.39, 0.29) is 6.04 Å². The molecule has 0 aliphatic carbocycles. The highest BCUT2D eigenvalue weighted by Crippen LogP contribution is 2.22. The number of hydrogen-bond acceptors (Lipinski definition) is 5. The first kappa shape index (κ1) is 14.0. The van der Waals surface area contributed by atoms with Crippen molar-refractivity contribution in [2.45, 2.75) is 33.4 Å². The van der Waals surface area contributed by atoms with Crippen LogP contribution in [-0.4, -0.2) is 28.3 Å². The quantitative estimate of drug-likeness (QED) is 0.818. The standard InChI is InChI=1S/C13H21N5S/c1-4-18(5-2)13-15-9-12(19-13)8-14-10(3)11-6-16-17-7-11/h6-7,9-10,14H,4-5,8H2,1-3H3,(H,16,17). The maximum Gasteiger partial charge on any atom is 0.185 e. The van der Waals surface area contributed by atoms with Gasteiger partial charge in [0.1, 0.15) is 0 Å². The zero-order chi connectivity index (χ0) is 13.7. The molecule has 0 amide bonds. The van der Waals surface area contributed by atoms with Gasteiger partial charge < -0.3 is 10.2 Å². The molecule has 0 fully saturated rings. The second kappa shape index (κ2) is 6.68. The van der Waals surface area contributed by atoms with Gasteiger partial charge in [0.15, 0.2) is 5.13 Å². The van der Waals surface area contributed by atoms with Gasteiger partial charge in [-0.3, -0.25) is 5.10 Å². The number of thiazole rings is 1. The third-order valence-corrected chi connectivity index (χ3v) is 4.24. The first-order valence-corrected chi connectivity index (χ1v) is 7.48. The summed E-state index contributed by atoms with van der Waals surface area (Å²) < 4.78 is 0. The van der Waals surface area contributed by atoms with Gasteiger partial charge in [0.25, 0.3) is 0 Å². The van der Waals surface area contributed by atoms with Gasteiger partial charge in [-0.1, -0.05) is 0 Å². The minimum Gasteiger partial charge on any atom is -0.349 e. The molecule has 0 aliphatic rings. The van der Waals surface area contributed by atoms with Crippen LogP contribution in [0.3, 0.4) is 0 Å². The zero-order valence-electron chi connectivity index (χ0n) is 11.7. The lowest BCUT2D eigenvalue weighted by Crippen LogP contribution is -2.21. The molecule has 0 saturated heterocycles. The Labute approximate surface area is 118 Å². The van der Waals surface area contributed by atoms with Crippen molar-refractivity contribution in [2.24, 2.45) is 0 Å². The number of H-pyrrole nitrogens is 1. The summed E-state index contributed by atoms with van der Waals surface area (Å²) in [6.07, 6.45) is 5.74. The average Bonchev–Trinajstić information content (AvgIpc) is 3.09. The van der Waals surface area contributed by atoms with Gasteiger partial charge in [0, 0.05) is 48.5 Å². The van der Waals surface area contributed by atoms with E-state index in [4.69, 9.17) is 0 Å². The first-order chi connectivity index (χ1) is 9.24. The molecule has 1 atom stereocenters. The fourth-order valence-corrected chi connectivity index (χ4v) is 2.88. The Bertz CT molecular complexity index is 475. The molecule has 19 heavy (non-hydrogen) atoms. The van der Waals surface area contributed by atoms with Crippen molar-refractivity contribution in [3.05, 3.63) is 29.0 Å². The van der Waals surface area contributed by atoms with Crippen LogP contribution in [0.2, 0.25) is 0 Å². The van der Waals surface area contributed by atoms with E-state index < -0.39 is 0 Å². The van der Waals surface area contributed by atoms with Crippen LogP contribution in [0.1, 0.15) is 37.3 Å². The molecule has 0 aromatic carbocycles. The Morgan fingerprint density at radius 2 is 2.16 bits per heavy atom. The molecule has 0 bridgehead atoms. The van der Waals surface area contributed by atoms with Crippen molar-refractivity contribution in [3.63, 3.8) is 0 Å². The molecule has 2 N–H and O–H groups in total. The van der Waals surface area contributed by atoms with E-state index in [2.05, 4.69) is 46.2 Å². The van der Waals surface area contributed by atoms with Crippen LogP contribution < -0.4 is 10.2 Å². The predicted molar refractivity (Wildman–Crippen MR) is 79.5 cm³/mol. The van der Waals surface area contributed by atoms with Crippen molar-refractivity contribution in [1.82, 2.24) is 20.5 Å². The maximum atomic E-state index is 4.48. The molecule has 2 heterocycles. The lowest BCUT2D eigenvalue weighted by Gasteiger charge is -2.16. The normalized spacial score (nSPS) is 12.6. The van der Waals surface area contributed by atoms with Gasteiger partial charge in [-0.2, -0.15) is 5.10 Å². The highest BCUT2D eigenvalue weighted by Gasteiger charge is 2.10. The van der Waals surface area contributed by atoms with Crippen molar-refractivity contribution >= 4 is 16.5 Å². The van der Waals surface area contributed by atoms with E-state index >= 15 is 0 Å². The van der Waals surface area contributed by atoms with Gasteiger partial charge >= 0.3 is 0 Å². The summed E-state index contributed by atoms with van der Waals surface area (Å²) >= 11 is 1.76. The molecular weight excluding hydrogens is 258 g/mol. The van der Waals surface area contributed by atoms with Crippen molar-refractivity contribution in [2.75, 3.05) is 18.0 Å². The smallest absolute Gasteiger partial charge is 0.185 e. The van der Waals surface area contributed by atoms with Crippen LogP contribution in [-0.2, 0) is 6.54 Å². The molecule has 5 nitrogen and oxygen atoms in total. The van der Waals surface area contributed by atoms with E-state index in [0.29, 0.717) is 0 Å². The Morgan fingerprint density at radius 3 is 2.79 bits per heavy atom. The summed E-state index contributed by atoms with van der Waals surface area (Å²) in [4.78, 5) is 8.02. The molecule has 2 rings (SSSR count). The molecule has 104 valence electrons. The van der Waals surface area contributed by atoms with Crippen molar-refractivity contribution < 1.29 is 0 Å². The molecule has 0 spiro atoms. The predicted octanol–water partition coefficient (Wildman–Crippen LogP) is 2.56. The number of rotatable bonds is 7. The lowest BCUT2D eigenvalue weighted by atomic mass is 10.2. The van der Waals surface area contributed by atoms with Crippen molar-refractivity contribution in [3.8, 4) is 0 Å². The van der Waals surface area contributed by atoms with Gasteiger partial charge in [-0.15, -0.1) is 11.3 Å². The van der Waals surface area contributed by atoms with Crippen LogP contribution in [0.25, 0.3) is 0 Å². The Hall–Kier alpha value is -1.40. The zero-order valence-corrected chi connectivity index (χ0v) is 12.5. The summed E-state index contributed by atoms with van der Waals surface area (Å²) in [5.74, 6) is 0. The molecular formula is C13H21N5S. The van der Waals surface area contributed by atoms with Crippen LogP contribution in [0.15, 0.2) is 18.6 Å². The summed E-state index contributed by atoms with van der Waals surface area (Å²) in [6.45, 7) is 9.29. The second-order valence-electron chi connectivity index (χ2n) is 4.42. The van der Waals surface area contributed by atoms with Gasteiger partial charge in [0.05, 0.1) is 6.20 Å². The minimum atomic E-state index is 0.290. The topological polar surface area (TPSA) is 56.8 Å². The summed E-state index contributed by atoms with van der Waals surface area (Å²) in [6, 6.07) is 0.290. The summed E-state index contributed by atoms with van der Waals surface area (Å²) in [5.41, 5.74) is 1.17. The number of nitrogens with zero attached hydrogens (tertiary/aromatic N) is 3. The maximum absolute atomic E-state index is 4.48. The SMILES string of the molecule is CCN(CC)c1ncc(CNC(C)c2cn[nH]c2)s1. The average molecular weight is 279 g/mol. The third kappa shape index (κ3) is 3.54. The van der Waals surface area contributed by atoms with Gasteiger partial charge in [-0.25, -0.2) is 4.98 Å². The third-order valence-electron chi connectivity index (χ3n) is 3.18. The molecule has 0 saturated carbocycles. The van der Waals surface area contributed by atoms with E-state index in [0.717, 1.165) is 24.8 Å². The van der Waals surface area contributed by atoms with Crippen LogP contribution in [0.5, 0.6) is 0 Å². The van der Waals surface area contributed by atoms with Gasteiger partial charge in [0.2, 0.25) is 0 Å². The fraction of sp³-hybridized carbons (Fsp3) is 0.538. The molecule has 6 heteroatoms. The van der Waals surface area contributed by atoms with E-state index in [9.17, 15) is 0 Å². The van der Waals surface area contributed by atoms with Crippen LogP contribution in [0.4, 0.5) is 5.13 Å². The fourth-order valence-electron chi connectivity index (χ4n) is 1.89. The number of aromatic nitrogens is 3.